The minimum atomic E-state index is 0.691. The fraction of sp³-hybridized carbons (Fsp3) is 0.364. The van der Waals surface area contributed by atoms with Crippen LogP contribution >= 0.6 is 0 Å². The molecule has 76 valence electrons. The summed E-state index contributed by atoms with van der Waals surface area (Å²) in [6.45, 7) is 1.38. The Morgan fingerprint density at radius 2 is 1.57 bits per heavy atom. The van der Waals surface area contributed by atoms with Gasteiger partial charge in [0.25, 0.3) is 0 Å². The molecule has 3 nitrogen and oxygen atoms in total. The van der Waals surface area contributed by atoms with E-state index in [1.54, 1.807) is 26.4 Å². The number of hydrogen-bond donors (Lipinski definition) is 0. The van der Waals surface area contributed by atoms with Crippen LogP contribution in [0, 0.1) is 11.3 Å². The molecule has 0 aliphatic carbocycles. The van der Waals surface area contributed by atoms with Crippen molar-refractivity contribution in [3.05, 3.63) is 35.9 Å². The van der Waals surface area contributed by atoms with E-state index in [9.17, 15) is 0 Å². The fourth-order valence-corrected chi connectivity index (χ4v) is 0.679. The summed E-state index contributed by atoms with van der Waals surface area (Å²) in [6, 6.07) is 11.2. The minimum absolute atomic E-state index is 0.691. The van der Waals surface area contributed by atoms with E-state index in [0.29, 0.717) is 18.8 Å². The SMILES string of the molecule is COCCOC.N#Cc1ccccc1. The smallest absolute Gasteiger partial charge is 0.0991 e. The topological polar surface area (TPSA) is 42.2 Å². The Bertz CT molecular complexity index is 250. The molecule has 0 atom stereocenters. The Morgan fingerprint density at radius 3 is 1.86 bits per heavy atom. The number of ether oxygens (including phenoxy) is 2. The highest BCUT2D eigenvalue weighted by atomic mass is 16.5. The summed E-state index contributed by atoms with van der Waals surface area (Å²) in [5, 5.41) is 8.29. The van der Waals surface area contributed by atoms with Crippen LogP contribution < -0.4 is 0 Å². The number of hydrogen-bond acceptors (Lipinski definition) is 3. The zero-order valence-electron chi connectivity index (χ0n) is 8.56. The second kappa shape index (κ2) is 9.72. The molecule has 0 amide bonds. The highest BCUT2D eigenvalue weighted by Crippen LogP contribution is 1.93. The van der Waals surface area contributed by atoms with E-state index in [1.165, 1.54) is 0 Å². The van der Waals surface area contributed by atoms with Gasteiger partial charge in [-0.1, -0.05) is 18.2 Å². The summed E-state index contributed by atoms with van der Waals surface area (Å²) in [6.07, 6.45) is 0. The molecule has 0 bridgehead atoms. The molecule has 1 aromatic rings. The third kappa shape index (κ3) is 7.29. The molecule has 0 radical (unpaired) electrons. The van der Waals surface area contributed by atoms with Gasteiger partial charge in [-0.15, -0.1) is 0 Å². The Kier molecular flexibility index (Phi) is 8.77. The molecule has 14 heavy (non-hydrogen) atoms. The number of benzene rings is 1. The van der Waals surface area contributed by atoms with Crippen molar-refractivity contribution in [1.29, 1.82) is 5.26 Å². The molecule has 0 unspecified atom stereocenters. The van der Waals surface area contributed by atoms with Crippen LogP contribution in [-0.4, -0.2) is 27.4 Å². The van der Waals surface area contributed by atoms with Gasteiger partial charge in [0, 0.05) is 14.2 Å². The Hall–Kier alpha value is -1.37. The second-order valence-electron chi connectivity index (χ2n) is 2.46. The lowest BCUT2D eigenvalue weighted by Gasteiger charge is -1.91. The Labute approximate surface area is 84.9 Å². The van der Waals surface area contributed by atoms with E-state index in [1.807, 2.05) is 24.3 Å². The molecule has 0 aliphatic heterocycles. The van der Waals surface area contributed by atoms with Gasteiger partial charge in [-0.05, 0) is 12.1 Å². The standard InChI is InChI=1S/C7H5N.C4H10O2/c8-6-7-4-2-1-3-5-7;1-5-3-4-6-2/h1-5H;3-4H2,1-2H3. The molecule has 0 aromatic heterocycles. The van der Waals surface area contributed by atoms with Crippen molar-refractivity contribution in [1.82, 2.24) is 0 Å². The van der Waals surface area contributed by atoms with Crippen LogP contribution in [0.15, 0.2) is 30.3 Å². The van der Waals surface area contributed by atoms with E-state index >= 15 is 0 Å². The van der Waals surface area contributed by atoms with E-state index in [-0.39, 0.29) is 0 Å². The number of nitrogens with zero attached hydrogens (tertiary/aromatic N) is 1. The molecule has 0 heterocycles. The first-order chi connectivity index (χ1) is 6.85. The zero-order valence-corrected chi connectivity index (χ0v) is 8.56. The van der Waals surface area contributed by atoms with Gasteiger partial charge in [-0.2, -0.15) is 5.26 Å². The lowest BCUT2D eigenvalue weighted by atomic mass is 10.2. The van der Waals surface area contributed by atoms with E-state index in [2.05, 4.69) is 9.47 Å². The maximum atomic E-state index is 8.29. The van der Waals surface area contributed by atoms with Crippen LogP contribution in [-0.2, 0) is 9.47 Å². The molecule has 0 spiro atoms. The van der Waals surface area contributed by atoms with Crippen LogP contribution in [0.3, 0.4) is 0 Å². The molecule has 3 heteroatoms. The zero-order chi connectivity index (χ0) is 10.6. The van der Waals surface area contributed by atoms with Gasteiger partial charge < -0.3 is 9.47 Å². The molecule has 1 aromatic carbocycles. The first kappa shape index (κ1) is 12.6. The monoisotopic (exact) mass is 193 g/mol. The first-order valence-corrected chi connectivity index (χ1v) is 4.28. The lowest BCUT2D eigenvalue weighted by molar-refractivity contribution is 0.103. The molecule has 0 saturated heterocycles. The predicted octanol–water partition coefficient (Wildman–Crippen LogP) is 1.84. The minimum Gasteiger partial charge on any atom is -0.382 e. The number of methoxy groups -OCH3 is 2. The first-order valence-electron chi connectivity index (χ1n) is 4.28. The van der Waals surface area contributed by atoms with E-state index in [4.69, 9.17) is 5.26 Å². The summed E-state index contributed by atoms with van der Waals surface area (Å²) < 4.78 is 9.31. The van der Waals surface area contributed by atoms with Crippen molar-refractivity contribution in [3.63, 3.8) is 0 Å². The molecular formula is C11H15NO2. The van der Waals surface area contributed by atoms with Crippen molar-refractivity contribution in [2.24, 2.45) is 0 Å². The van der Waals surface area contributed by atoms with Gasteiger partial charge in [-0.25, -0.2) is 0 Å². The van der Waals surface area contributed by atoms with Gasteiger partial charge >= 0.3 is 0 Å². The van der Waals surface area contributed by atoms with Crippen molar-refractivity contribution >= 4 is 0 Å². The van der Waals surface area contributed by atoms with Crippen molar-refractivity contribution in [2.75, 3.05) is 27.4 Å². The Morgan fingerprint density at radius 1 is 1.07 bits per heavy atom. The largest absolute Gasteiger partial charge is 0.382 e. The summed E-state index contributed by atoms with van der Waals surface area (Å²) >= 11 is 0. The third-order valence-corrected chi connectivity index (χ3v) is 1.39. The van der Waals surface area contributed by atoms with Crippen LogP contribution in [0.1, 0.15) is 5.56 Å². The second-order valence-corrected chi connectivity index (χ2v) is 2.46. The van der Waals surface area contributed by atoms with Gasteiger partial charge in [0.1, 0.15) is 0 Å². The van der Waals surface area contributed by atoms with Gasteiger partial charge in [0.05, 0.1) is 24.8 Å². The average Bonchev–Trinajstić information content (AvgIpc) is 2.28. The van der Waals surface area contributed by atoms with Crippen molar-refractivity contribution < 1.29 is 9.47 Å². The Balaban J connectivity index is 0.000000255. The maximum Gasteiger partial charge on any atom is 0.0991 e. The van der Waals surface area contributed by atoms with Crippen LogP contribution in [0.2, 0.25) is 0 Å². The maximum absolute atomic E-state index is 8.29. The van der Waals surface area contributed by atoms with Crippen LogP contribution in [0.25, 0.3) is 0 Å². The highest BCUT2D eigenvalue weighted by molar-refractivity contribution is 5.27. The average molecular weight is 193 g/mol. The van der Waals surface area contributed by atoms with Crippen molar-refractivity contribution in [2.45, 2.75) is 0 Å². The number of rotatable bonds is 3. The summed E-state index contributed by atoms with van der Waals surface area (Å²) in [5.41, 5.74) is 0.715. The number of nitriles is 1. The van der Waals surface area contributed by atoms with Gasteiger partial charge in [0.2, 0.25) is 0 Å². The van der Waals surface area contributed by atoms with Crippen molar-refractivity contribution in [3.8, 4) is 6.07 Å². The molecular weight excluding hydrogens is 178 g/mol. The van der Waals surface area contributed by atoms with E-state index in [0.717, 1.165) is 0 Å². The molecule has 0 saturated carbocycles. The van der Waals surface area contributed by atoms with Crippen LogP contribution in [0.5, 0.6) is 0 Å². The van der Waals surface area contributed by atoms with Crippen LogP contribution in [0.4, 0.5) is 0 Å². The molecule has 0 N–H and O–H groups in total. The van der Waals surface area contributed by atoms with Gasteiger partial charge in [0.15, 0.2) is 0 Å². The fourth-order valence-electron chi connectivity index (χ4n) is 0.679. The third-order valence-electron chi connectivity index (χ3n) is 1.39. The lowest BCUT2D eigenvalue weighted by Crippen LogP contribution is -1.96. The summed E-state index contributed by atoms with van der Waals surface area (Å²) in [5.74, 6) is 0. The predicted molar refractivity (Wildman–Crippen MR) is 54.9 cm³/mol. The molecule has 0 aliphatic rings. The quantitative estimate of drug-likeness (QED) is 0.688. The summed E-state index contributed by atoms with van der Waals surface area (Å²) in [7, 11) is 3.30. The summed E-state index contributed by atoms with van der Waals surface area (Å²) in [4.78, 5) is 0. The molecule has 1 rings (SSSR count). The van der Waals surface area contributed by atoms with Gasteiger partial charge in [-0.3, -0.25) is 0 Å². The molecule has 0 fully saturated rings. The highest BCUT2D eigenvalue weighted by Gasteiger charge is 1.79. The normalized spacial score (nSPS) is 8.36. The van der Waals surface area contributed by atoms with E-state index < -0.39 is 0 Å².